The lowest BCUT2D eigenvalue weighted by Crippen LogP contribution is -2.52. The summed E-state index contributed by atoms with van der Waals surface area (Å²) >= 11 is 0. The molecule has 1 fully saturated rings. The van der Waals surface area contributed by atoms with E-state index in [4.69, 9.17) is 5.11 Å². The highest BCUT2D eigenvalue weighted by molar-refractivity contribution is 5.80. The van der Waals surface area contributed by atoms with E-state index in [-0.39, 0.29) is 24.5 Å². The molecule has 1 heterocycles. The Kier molecular flexibility index (Phi) is 6.28. The third-order valence-electron chi connectivity index (χ3n) is 3.86. The van der Waals surface area contributed by atoms with E-state index in [1.807, 2.05) is 11.8 Å². The van der Waals surface area contributed by atoms with Gasteiger partial charge in [-0.1, -0.05) is 13.3 Å². The van der Waals surface area contributed by atoms with Crippen molar-refractivity contribution in [2.45, 2.75) is 71.0 Å². The monoisotopic (exact) mass is 270 g/mol. The standard InChI is InChI=1S/C14H26N2O3/c1-4-6-12(14(18)19)15-9-13(17)16-10(2)7-5-8-11(16)3/h10-12,15H,4-9H2,1-3H3,(H,18,19). The average molecular weight is 270 g/mol. The number of hydrogen-bond acceptors (Lipinski definition) is 3. The van der Waals surface area contributed by atoms with Gasteiger partial charge in [0.1, 0.15) is 6.04 Å². The minimum absolute atomic E-state index is 0.0158. The topological polar surface area (TPSA) is 69.6 Å². The molecule has 0 aromatic heterocycles. The Hall–Kier alpha value is -1.10. The molecule has 3 atom stereocenters. The number of amides is 1. The van der Waals surface area contributed by atoms with Crippen LogP contribution in [0, 0.1) is 0 Å². The van der Waals surface area contributed by atoms with Gasteiger partial charge in [0, 0.05) is 12.1 Å². The highest BCUT2D eigenvalue weighted by Crippen LogP contribution is 2.22. The molecule has 2 N–H and O–H groups in total. The summed E-state index contributed by atoms with van der Waals surface area (Å²) in [6.07, 6.45) is 4.57. The van der Waals surface area contributed by atoms with Gasteiger partial charge in [0.2, 0.25) is 5.91 Å². The van der Waals surface area contributed by atoms with E-state index in [9.17, 15) is 9.59 Å². The molecule has 0 bridgehead atoms. The minimum atomic E-state index is -0.880. The van der Waals surface area contributed by atoms with Gasteiger partial charge in [0.05, 0.1) is 6.54 Å². The van der Waals surface area contributed by atoms with E-state index in [1.165, 1.54) is 0 Å². The smallest absolute Gasteiger partial charge is 0.320 e. The summed E-state index contributed by atoms with van der Waals surface area (Å²) in [4.78, 5) is 25.1. The molecule has 1 rings (SSSR count). The normalized spacial score (nSPS) is 25.1. The number of aliphatic carboxylic acids is 1. The van der Waals surface area contributed by atoms with Gasteiger partial charge < -0.3 is 10.0 Å². The van der Waals surface area contributed by atoms with Crippen molar-refractivity contribution >= 4 is 11.9 Å². The molecule has 19 heavy (non-hydrogen) atoms. The maximum atomic E-state index is 12.2. The third-order valence-corrected chi connectivity index (χ3v) is 3.86. The molecule has 5 nitrogen and oxygen atoms in total. The molecule has 0 aromatic carbocycles. The Bertz CT molecular complexity index is 310. The zero-order valence-corrected chi connectivity index (χ0v) is 12.2. The van der Waals surface area contributed by atoms with Crippen LogP contribution in [0.1, 0.15) is 52.9 Å². The van der Waals surface area contributed by atoms with Gasteiger partial charge in [-0.2, -0.15) is 0 Å². The van der Waals surface area contributed by atoms with E-state index in [0.29, 0.717) is 6.42 Å². The fourth-order valence-electron chi connectivity index (χ4n) is 2.82. The van der Waals surface area contributed by atoms with E-state index >= 15 is 0 Å². The molecular formula is C14H26N2O3. The van der Waals surface area contributed by atoms with Crippen LogP contribution in [0.4, 0.5) is 0 Å². The molecule has 5 heteroatoms. The van der Waals surface area contributed by atoms with Crippen molar-refractivity contribution in [3.05, 3.63) is 0 Å². The second-order valence-electron chi connectivity index (χ2n) is 5.49. The molecule has 3 unspecified atom stereocenters. The van der Waals surface area contributed by atoms with Crippen molar-refractivity contribution in [3.63, 3.8) is 0 Å². The minimum Gasteiger partial charge on any atom is -0.480 e. The van der Waals surface area contributed by atoms with Crippen LogP contribution in [0.5, 0.6) is 0 Å². The lowest BCUT2D eigenvalue weighted by atomic mass is 9.97. The lowest BCUT2D eigenvalue weighted by Gasteiger charge is -2.39. The molecule has 0 spiro atoms. The first-order chi connectivity index (χ1) is 8.97. The summed E-state index contributed by atoms with van der Waals surface area (Å²) in [5.74, 6) is -0.864. The molecule has 0 aromatic rings. The van der Waals surface area contributed by atoms with E-state index in [2.05, 4.69) is 19.2 Å². The Morgan fingerprint density at radius 3 is 2.37 bits per heavy atom. The van der Waals surface area contributed by atoms with Gasteiger partial charge >= 0.3 is 5.97 Å². The fourth-order valence-corrected chi connectivity index (χ4v) is 2.82. The van der Waals surface area contributed by atoms with Gasteiger partial charge in [-0.25, -0.2) is 0 Å². The summed E-state index contributed by atoms with van der Waals surface area (Å²) in [5.41, 5.74) is 0. The number of hydrogen-bond donors (Lipinski definition) is 2. The molecule has 0 aliphatic carbocycles. The van der Waals surface area contributed by atoms with Gasteiger partial charge in [-0.3, -0.25) is 14.9 Å². The number of nitrogens with zero attached hydrogens (tertiary/aromatic N) is 1. The SMILES string of the molecule is CCCC(NCC(=O)N1C(C)CCCC1C)C(=O)O. The van der Waals surface area contributed by atoms with E-state index in [1.54, 1.807) is 0 Å². The number of carboxylic acid groups (broad SMARTS) is 1. The van der Waals surface area contributed by atoms with Crippen LogP contribution >= 0.6 is 0 Å². The van der Waals surface area contributed by atoms with E-state index in [0.717, 1.165) is 25.7 Å². The van der Waals surface area contributed by atoms with Crippen LogP contribution in [-0.4, -0.2) is 46.6 Å². The summed E-state index contributed by atoms with van der Waals surface area (Å²) in [6, 6.07) is -0.107. The number of carboxylic acids is 1. The molecule has 1 amide bonds. The fraction of sp³-hybridized carbons (Fsp3) is 0.857. The quantitative estimate of drug-likeness (QED) is 0.769. The van der Waals surface area contributed by atoms with Gasteiger partial charge in [0.15, 0.2) is 0 Å². The largest absolute Gasteiger partial charge is 0.480 e. The Balaban J connectivity index is 2.51. The molecule has 1 aliphatic rings. The number of carbonyl (C=O) groups is 2. The van der Waals surface area contributed by atoms with Crippen LogP contribution in [0.15, 0.2) is 0 Å². The molecule has 1 saturated heterocycles. The first-order valence-electron chi connectivity index (χ1n) is 7.24. The molecule has 0 saturated carbocycles. The predicted octanol–water partition coefficient (Wildman–Crippen LogP) is 1.62. The first-order valence-corrected chi connectivity index (χ1v) is 7.24. The van der Waals surface area contributed by atoms with Gasteiger partial charge in [-0.05, 0) is 39.5 Å². The third kappa shape index (κ3) is 4.49. The van der Waals surface area contributed by atoms with Crippen LogP contribution in [0.25, 0.3) is 0 Å². The highest BCUT2D eigenvalue weighted by Gasteiger charge is 2.29. The van der Waals surface area contributed by atoms with Gasteiger partial charge in [-0.15, -0.1) is 0 Å². The predicted molar refractivity (Wildman–Crippen MR) is 74.0 cm³/mol. The number of piperidine rings is 1. The average Bonchev–Trinajstić information content (AvgIpc) is 2.33. The first kappa shape index (κ1) is 16.0. The number of nitrogens with one attached hydrogen (secondary N) is 1. The Morgan fingerprint density at radius 2 is 1.89 bits per heavy atom. The summed E-state index contributed by atoms with van der Waals surface area (Å²) in [6.45, 7) is 6.18. The van der Waals surface area contributed by atoms with Gasteiger partial charge in [0.25, 0.3) is 0 Å². The number of carbonyl (C=O) groups excluding carboxylic acids is 1. The maximum Gasteiger partial charge on any atom is 0.320 e. The second kappa shape index (κ2) is 7.48. The van der Waals surface area contributed by atoms with Crippen LogP contribution in [-0.2, 0) is 9.59 Å². The number of rotatable bonds is 6. The lowest BCUT2D eigenvalue weighted by molar-refractivity contribution is -0.140. The van der Waals surface area contributed by atoms with Crippen LogP contribution < -0.4 is 5.32 Å². The van der Waals surface area contributed by atoms with Crippen molar-refractivity contribution in [2.24, 2.45) is 0 Å². The summed E-state index contributed by atoms with van der Waals surface area (Å²) in [7, 11) is 0. The Labute approximate surface area is 115 Å². The molecule has 110 valence electrons. The van der Waals surface area contributed by atoms with E-state index < -0.39 is 12.0 Å². The maximum absolute atomic E-state index is 12.2. The van der Waals surface area contributed by atoms with Crippen LogP contribution in [0.2, 0.25) is 0 Å². The second-order valence-corrected chi connectivity index (χ2v) is 5.49. The van der Waals surface area contributed by atoms with Crippen molar-refractivity contribution in [1.29, 1.82) is 0 Å². The van der Waals surface area contributed by atoms with Crippen LogP contribution in [0.3, 0.4) is 0 Å². The summed E-state index contributed by atoms with van der Waals surface area (Å²) < 4.78 is 0. The zero-order valence-electron chi connectivity index (χ0n) is 12.2. The van der Waals surface area contributed by atoms with Crippen molar-refractivity contribution < 1.29 is 14.7 Å². The zero-order chi connectivity index (χ0) is 14.4. The summed E-state index contributed by atoms with van der Waals surface area (Å²) in [5, 5.41) is 11.9. The molecular weight excluding hydrogens is 244 g/mol. The van der Waals surface area contributed by atoms with Crippen molar-refractivity contribution in [1.82, 2.24) is 10.2 Å². The number of likely N-dealkylation sites (tertiary alicyclic amines) is 1. The Morgan fingerprint density at radius 1 is 1.32 bits per heavy atom. The van der Waals surface area contributed by atoms with Crippen molar-refractivity contribution in [3.8, 4) is 0 Å². The van der Waals surface area contributed by atoms with Crippen molar-refractivity contribution in [2.75, 3.05) is 6.54 Å². The highest BCUT2D eigenvalue weighted by atomic mass is 16.4. The molecule has 0 radical (unpaired) electrons. The molecule has 1 aliphatic heterocycles.